The van der Waals surface area contributed by atoms with Crippen molar-refractivity contribution in [3.8, 4) is 0 Å². The number of hydrogen-bond acceptors (Lipinski definition) is 1. The van der Waals surface area contributed by atoms with Gasteiger partial charge in [0.15, 0.2) is 0 Å². The van der Waals surface area contributed by atoms with Crippen molar-refractivity contribution in [1.29, 1.82) is 0 Å². The third kappa shape index (κ3) is 3.82. The van der Waals surface area contributed by atoms with Crippen LogP contribution in [0.1, 0.15) is 30.1 Å². The molecule has 1 fully saturated rings. The lowest BCUT2D eigenvalue weighted by atomic mass is 9.94. The van der Waals surface area contributed by atoms with Crippen LogP contribution >= 0.6 is 47.8 Å². The SMILES string of the molecule is CC(Br)C1CCN(C(=O)c2ccc(Br)cc2Br)CC1. The van der Waals surface area contributed by atoms with Gasteiger partial charge in [-0.3, -0.25) is 4.79 Å². The van der Waals surface area contributed by atoms with E-state index in [-0.39, 0.29) is 5.91 Å². The highest BCUT2D eigenvalue weighted by molar-refractivity contribution is 9.11. The van der Waals surface area contributed by atoms with Crippen molar-refractivity contribution in [3.05, 3.63) is 32.7 Å². The van der Waals surface area contributed by atoms with Crippen LogP contribution in [-0.2, 0) is 0 Å². The summed E-state index contributed by atoms with van der Waals surface area (Å²) in [6, 6.07) is 5.70. The molecule has 1 aliphatic rings. The quantitative estimate of drug-likeness (QED) is 0.586. The van der Waals surface area contributed by atoms with Gasteiger partial charge in [-0.25, -0.2) is 0 Å². The summed E-state index contributed by atoms with van der Waals surface area (Å²) in [6.07, 6.45) is 2.15. The molecule has 0 radical (unpaired) electrons. The number of rotatable bonds is 2. The number of benzene rings is 1. The molecule has 1 aliphatic heterocycles. The van der Waals surface area contributed by atoms with Crippen LogP contribution in [0.15, 0.2) is 27.1 Å². The first-order valence-corrected chi connectivity index (χ1v) is 8.87. The second kappa shape index (κ2) is 6.72. The summed E-state index contributed by atoms with van der Waals surface area (Å²) in [4.78, 5) is 15.0. The van der Waals surface area contributed by atoms with Crippen molar-refractivity contribution >= 4 is 53.7 Å². The van der Waals surface area contributed by atoms with Crippen molar-refractivity contribution in [2.45, 2.75) is 24.6 Å². The number of amides is 1. The van der Waals surface area contributed by atoms with Crippen LogP contribution < -0.4 is 0 Å². The monoisotopic (exact) mass is 451 g/mol. The molecule has 2 rings (SSSR count). The number of hydrogen-bond donors (Lipinski definition) is 0. The highest BCUT2D eigenvalue weighted by Crippen LogP contribution is 2.28. The van der Waals surface area contributed by atoms with Crippen LogP contribution in [0, 0.1) is 5.92 Å². The van der Waals surface area contributed by atoms with E-state index >= 15 is 0 Å². The average molecular weight is 454 g/mol. The Morgan fingerprint density at radius 2 is 1.95 bits per heavy atom. The molecule has 0 spiro atoms. The lowest BCUT2D eigenvalue weighted by Crippen LogP contribution is -2.40. The number of carbonyl (C=O) groups is 1. The number of nitrogens with zero attached hydrogens (tertiary/aromatic N) is 1. The summed E-state index contributed by atoms with van der Waals surface area (Å²) < 4.78 is 1.82. The fourth-order valence-corrected chi connectivity index (χ4v) is 4.14. The minimum absolute atomic E-state index is 0.125. The van der Waals surface area contributed by atoms with E-state index in [0.717, 1.165) is 40.4 Å². The Balaban J connectivity index is 2.05. The third-order valence-electron chi connectivity index (χ3n) is 3.64. The van der Waals surface area contributed by atoms with Crippen LogP contribution in [-0.4, -0.2) is 28.7 Å². The van der Waals surface area contributed by atoms with Gasteiger partial charge in [-0.15, -0.1) is 0 Å². The number of halogens is 3. The van der Waals surface area contributed by atoms with Crippen molar-refractivity contribution < 1.29 is 4.79 Å². The highest BCUT2D eigenvalue weighted by atomic mass is 79.9. The first-order valence-electron chi connectivity index (χ1n) is 6.37. The summed E-state index contributed by atoms with van der Waals surface area (Å²) in [5.74, 6) is 0.803. The molecule has 2 nitrogen and oxygen atoms in total. The number of alkyl halides is 1. The van der Waals surface area contributed by atoms with Crippen LogP contribution in [0.5, 0.6) is 0 Å². The lowest BCUT2D eigenvalue weighted by molar-refractivity contribution is 0.0690. The fraction of sp³-hybridized carbons (Fsp3) is 0.500. The Labute approximate surface area is 139 Å². The van der Waals surface area contributed by atoms with Gasteiger partial charge >= 0.3 is 0 Å². The minimum atomic E-state index is 0.125. The Hall–Kier alpha value is 0.130. The number of carbonyl (C=O) groups excluding carboxylic acids is 1. The van der Waals surface area contributed by atoms with Crippen LogP contribution in [0.25, 0.3) is 0 Å². The van der Waals surface area contributed by atoms with E-state index in [9.17, 15) is 4.79 Å². The predicted molar refractivity (Wildman–Crippen MR) is 88.9 cm³/mol. The maximum absolute atomic E-state index is 12.5. The van der Waals surface area contributed by atoms with E-state index in [1.54, 1.807) is 0 Å². The molecule has 1 atom stereocenters. The third-order valence-corrected chi connectivity index (χ3v) is 5.53. The Morgan fingerprint density at radius 1 is 1.32 bits per heavy atom. The zero-order chi connectivity index (χ0) is 14.0. The van der Waals surface area contributed by atoms with Gasteiger partial charge in [0.05, 0.1) is 5.56 Å². The fourth-order valence-electron chi connectivity index (χ4n) is 2.40. The van der Waals surface area contributed by atoms with Gasteiger partial charge in [0.2, 0.25) is 0 Å². The summed E-state index contributed by atoms with van der Waals surface area (Å²) in [5.41, 5.74) is 0.744. The lowest BCUT2D eigenvalue weighted by Gasteiger charge is -2.33. The van der Waals surface area contributed by atoms with Gasteiger partial charge in [-0.05, 0) is 52.9 Å². The molecule has 104 valence electrons. The molecule has 19 heavy (non-hydrogen) atoms. The van der Waals surface area contributed by atoms with Gasteiger partial charge in [0.25, 0.3) is 5.91 Å². The second-order valence-electron chi connectivity index (χ2n) is 4.93. The van der Waals surface area contributed by atoms with Gasteiger partial charge in [0, 0.05) is 26.9 Å². The minimum Gasteiger partial charge on any atom is -0.339 e. The van der Waals surface area contributed by atoms with E-state index in [1.807, 2.05) is 23.1 Å². The van der Waals surface area contributed by atoms with Crippen molar-refractivity contribution in [2.24, 2.45) is 5.92 Å². The van der Waals surface area contributed by atoms with Crippen molar-refractivity contribution in [3.63, 3.8) is 0 Å². The summed E-state index contributed by atoms with van der Waals surface area (Å²) in [7, 11) is 0. The molecular formula is C14H16Br3NO. The predicted octanol–water partition coefficient (Wildman–Crippen LogP) is 4.85. The molecule has 0 aliphatic carbocycles. The molecule has 1 saturated heterocycles. The van der Waals surface area contributed by atoms with Crippen LogP contribution in [0.2, 0.25) is 0 Å². The zero-order valence-electron chi connectivity index (χ0n) is 10.7. The van der Waals surface area contributed by atoms with Gasteiger partial charge in [0.1, 0.15) is 0 Å². The van der Waals surface area contributed by atoms with Crippen molar-refractivity contribution in [1.82, 2.24) is 4.90 Å². The van der Waals surface area contributed by atoms with E-state index in [4.69, 9.17) is 0 Å². The molecule has 1 aromatic rings. The second-order valence-corrected chi connectivity index (χ2v) is 8.15. The maximum atomic E-state index is 12.5. The number of likely N-dealkylation sites (tertiary alicyclic amines) is 1. The molecular weight excluding hydrogens is 438 g/mol. The average Bonchev–Trinajstić information content (AvgIpc) is 2.38. The van der Waals surface area contributed by atoms with E-state index in [0.29, 0.717) is 10.7 Å². The standard InChI is InChI=1S/C14H16Br3NO/c1-9(15)10-4-6-18(7-5-10)14(19)12-3-2-11(16)8-13(12)17/h2-3,8-10H,4-7H2,1H3. The first-order chi connectivity index (χ1) is 8.99. The zero-order valence-corrected chi connectivity index (χ0v) is 15.5. The van der Waals surface area contributed by atoms with Crippen molar-refractivity contribution in [2.75, 3.05) is 13.1 Å². The molecule has 0 saturated carbocycles. The smallest absolute Gasteiger partial charge is 0.254 e. The number of piperidine rings is 1. The largest absolute Gasteiger partial charge is 0.339 e. The maximum Gasteiger partial charge on any atom is 0.254 e. The summed E-state index contributed by atoms with van der Waals surface area (Å²) >= 11 is 10.5. The van der Waals surface area contributed by atoms with Gasteiger partial charge in [-0.2, -0.15) is 0 Å². The molecule has 0 N–H and O–H groups in total. The van der Waals surface area contributed by atoms with Gasteiger partial charge < -0.3 is 4.90 Å². The van der Waals surface area contributed by atoms with Crippen LogP contribution in [0.4, 0.5) is 0 Å². The Bertz CT molecular complexity index is 468. The summed E-state index contributed by atoms with van der Waals surface area (Å²) in [5, 5.41) is 0. The first kappa shape index (κ1) is 15.5. The normalized spacial score (nSPS) is 18.4. The highest BCUT2D eigenvalue weighted by Gasteiger charge is 2.26. The van der Waals surface area contributed by atoms with Gasteiger partial charge in [-0.1, -0.05) is 38.8 Å². The topological polar surface area (TPSA) is 20.3 Å². The Morgan fingerprint density at radius 3 is 2.47 bits per heavy atom. The van der Waals surface area contributed by atoms with Crippen LogP contribution in [0.3, 0.4) is 0 Å². The van der Waals surface area contributed by atoms with E-state index < -0.39 is 0 Å². The molecule has 5 heteroatoms. The molecule has 1 amide bonds. The van der Waals surface area contributed by atoms with E-state index in [1.165, 1.54) is 0 Å². The molecule has 0 bridgehead atoms. The molecule has 0 aromatic heterocycles. The summed E-state index contributed by atoms with van der Waals surface area (Å²) in [6.45, 7) is 3.89. The van der Waals surface area contributed by atoms with E-state index in [2.05, 4.69) is 54.7 Å². The molecule has 1 aromatic carbocycles. The molecule has 1 heterocycles. The molecule has 1 unspecified atom stereocenters. The Kier molecular flexibility index (Phi) is 5.49.